The first-order valence-electron chi connectivity index (χ1n) is 8.68. The van der Waals surface area contributed by atoms with Crippen LogP contribution < -0.4 is 9.47 Å². The Hall–Kier alpha value is -1.52. The minimum atomic E-state index is -0.256. The van der Waals surface area contributed by atoms with Crippen LogP contribution in [-0.2, 0) is 4.79 Å². The Morgan fingerprint density at radius 1 is 1.19 bits per heavy atom. The van der Waals surface area contributed by atoms with E-state index in [1.807, 2.05) is 44.2 Å². The minimum Gasteiger partial charge on any atom is -0.492 e. The van der Waals surface area contributed by atoms with E-state index in [1.165, 1.54) is 5.56 Å². The molecule has 3 nitrogen and oxygen atoms in total. The number of carbonyl (C=O) groups is 1. The van der Waals surface area contributed by atoms with Crippen molar-refractivity contribution >= 4 is 33.5 Å². The lowest BCUT2D eigenvalue weighted by atomic mass is 10.0. The van der Waals surface area contributed by atoms with Gasteiger partial charge in [-0.3, -0.25) is 4.79 Å². The van der Waals surface area contributed by atoms with Crippen molar-refractivity contribution in [1.82, 2.24) is 0 Å². The zero-order valence-corrected chi connectivity index (χ0v) is 17.9. The van der Waals surface area contributed by atoms with Crippen LogP contribution in [0, 0.1) is 13.8 Å². The summed E-state index contributed by atoms with van der Waals surface area (Å²) in [5.74, 6) is 1.51. The van der Waals surface area contributed by atoms with Crippen LogP contribution in [0.4, 0.5) is 0 Å². The normalized spacial score (nSPS) is 10.9. The number of esters is 1. The van der Waals surface area contributed by atoms with Gasteiger partial charge in [0.2, 0.25) is 0 Å². The van der Waals surface area contributed by atoms with Crippen LogP contribution in [0.3, 0.4) is 0 Å². The fourth-order valence-electron chi connectivity index (χ4n) is 2.51. The number of aryl methyl sites for hydroxylation is 1. The van der Waals surface area contributed by atoms with E-state index in [0.29, 0.717) is 31.1 Å². The van der Waals surface area contributed by atoms with Gasteiger partial charge in [-0.2, -0.15) is 0 Å². The summed E-state index contributed by atoms with van der Waals surface area (Å²) in [4.78, 5) is 12.0. The predicted octanol–water partition coefficient (Wildman–Crippen LogP) is 6.61. The van der Waals surface area contributed by atoms with Gasteiger partial charge in [0, 0.05) is 11.4 Å². The number of carbonyl (C=O) groups excluding carboxylic acids is 1. The van der Waals surface area contributed by atoms with Gasteiger partial charge >= 0.3 is 5.97 Å². The fourth-order valence-corrected chi connectivity index (χ4v) is 3.20. The molecule has 0 heterocycles. The van der Waals surface area contributed by atoms with Gasteiger partial charge in [0.15, 0.2) is 0 Å². The molecule has 0 saturated carbocycles. The average molecular weight is 440 g/mol. The molecule has 26 heavy (non-hydrogen) atoms. The van der Waals surface area contributed by atoms with E-state index < -0.39 is 0 Å². The summed E-state index contributed by atoms with van der Waals surface area (Å²) in [6.45, 7) is 8.57. The Labute approximate surface area is 168 Å². The van der Waals surface area contributed by atoms with Gasteiger partial charge in [0.25, 0.3) is 0 Å². The molecule has 0 unspecified atom stereocenters. The van der Waals surface area contributed by atoms with Gasteiger partial charge < -0.3 is 9.47 Å². The maximum atomic E-state index is 12.0. The maximum absolute atomic E-state index is 12.0. The van der Waals surface area contributed by atoms with Crippen molar-refractivity contribution in [2.75, 3.05) is 6.61 Å². The third-order valence-corrected chi connectivity index (χ3v) is 5.70. The molecule has 0 N–H and O–H groups in total. The second-order valence-corrected chi connectivity index (χ2v) is 7.77. The van der Waals surface area contributed by atoms with E-state index in [0.717, 1.165) is 26.4 Å². The average Bonchev–Trinajstić information content (AvgIpc) is 2.61. The zero-order chi connectivity index (χ0) is 19.3. The van der Waals surface area contributed by atoms with Gasteiger partial charge in [-0.05, 0) is 77.0 Å². The van der Waals surface area contributed by atoms with Crippen LogP contribution in [0.2, 0.25) is 5.02 Å². The smallest absolute Gasteiger partial charge is 0.311 e. The highest BCUT2D eigenvalue weighted by Crippen LogP contribution is 2.35. The third-order valence-electron chi connectivity index (χ3n) is 4.13. The van der Waals surface area contributed by atoms with Gasteiger partial charge in [-0.15, -0.1) is 0 Å². The summed E-state index contributed by atoms with van der Waals surface area (Å²) in [5.41, 5.74) is 3.13. The molecule has 0 amide bonds. The minimum absolute atomic E-state index is 0.256. The number of halogens is 2. The first-order chi connectivity index (χ1) is 12.3. The van der Waals surface area contributed by atoms with Gasteiger partial charge in [-0.25, -0.2) is 0 Å². The van der Waals surface area contributed by atoms with Crippen LogP contribution in [-0.4, -0.2) is 12.6 Å². The second kappa shape index (κ2) is 9.43. The van der Waals surface area contributed by atoms with E-state index in [1.54, 1.807) is 0 Å². The highest BCUT2D eigenvalue weighted by atomic mass is 79.9. The summed E-state index contributed by atoms with van der Waals surface area (Å²) in [7, 11) is 0. The van der Waals surface area contributed by atoms with E-state index in [2.05, 4.69) is 29.8 Å². The Kier molecular flexibility index (Phi) is 7.54. The van der Waals surface area contributed by atoms with E-state index >= 15 is 0 Å². The Morgan fingerprint density at radius 3 is 2.46 bits per heavy atom. The van der Waals surface area contributed by atoms with Gasteiger partial charge in [0.1, 0.15) is 11.5 Å². The quantitative estimate of drug-likeness (QED) is 0.277. The Balaban J connectivity index is 1.80. The van der Waals surface area contributed by atoms with Crippen molar-refractivity contribution in [1.29, 1.82) is 0 Å². The summed E-state index contributed by atoms with van der Waals surface area (Å²) < 4.78 is 12.0. The molecule has 0 aliphatic rings. The summed E-state index contributed by atoms with van der Waals surface area (Å²) in [6.07, 6.45) is 0.880. The van der Waals surface area contributed by atoms with Crippen LogP contribution in [0.25, 0.3) is 0 Å². The molecule has 0 aromatic heterocycles. The van der Waals surface area contributed by atoms with Crippen LogP contribution in [0.15, 0.2) is 34.8 Å². The molecule has 140 valence electrons. The van der Waals surface area contributed by atoms with Crippen LogP contribution in [0.1, 0.15) is 49.3 Å². The molecule has 0 atom stereocenters. The highest BCUT2D eigenvalue weighted by molar-refractivity contribution is 9.10. The third kappa shape index (κ3) is 5.49. The predicted molar refractivity (Wildman–Crippen MR) is 110 cm³/mol. The largest absolute Gasteiger partial charge is 0.492 e. The van der Waals surface area contributed by atoms with Crippen LogP contribution in [0.5, 0.6) is 11.5 Å². The molecule has 0 bridgehead atoms. The van der Waals surface area contributed by atoms with Crippen LogP contribution >= 0.6 is 27.5 Å². The summed E-state index contributed by atoms with van der Waals surface area (Å²) in [6, 6.07) is 9.53. The lowest BCUT2D eigenvalue weighted by molar-refractivity contribution is -0.134. The molecule has 2 rings (SSSR count). The Morgan fingerprint density at radius 2 is 1.85 bits per heavy atom. The first-order valence-corrected chi connectivity index (χ1v) is 9.85. The van der Waals surface area contributed by atoms with Gasteiger partial charge in [-0.1, -0.05) is 37.6 Å². The topological polar surface area (TPSA) is 35.5 Å². The summed E-state index contributed by atoms with van der Waals surface area (Å²) in [5, 5.41) is 0.733. The molecule has 2 aromatic rings. The molecule has 0 spiro atoms. The van der Waals surface area contributed by atoms with Crippen molar-refractivity contribution in [3.8, 4) is 11.5 Å². The van der Waals surface area contributed by atoms with Crippen molar-refractivity contribution in [3.05, 3.63) is 56.5 Å². The Bertz CT molecular complexity index is 770. The fraction of sp³-hybridized carbons (Fsp3) is 0.381. The lowest BCUT2D eigenvalue weighted by Crippen LogP contribution is -2.10. The lowest BCUT2D eigenvalue weighted by Gasteiger charge is -2.13. The SMILES string of the molecule is Cc1cc(OCCCC(=O)Oc2ccc(C(C)C)cc2)c(Br)c(C)c1Cl. The maximum Gasteiger partial charge on any atom is 0.311 e. The highest BCUT2D eigenvalue weighted by Gasteiger charge is 2.11. The van der Waals surface area contributed by atoms with Crippen molar-refractivity contribution in [3.63, 3.8) is 0 Å². The molecular weight excluding hydrogens is 416 g/mol. The van der Waals surface area contributed by atoms with E-state index in [9.17, 15) is 4.79 Å². The van der Waals surface area contributed by atoms with E-state index in [4.69, 9.17) is 21.1 Å². The van der Waals surface area contributed by atoms with Crippen molar-refractivity contribution in [2.24, 2.45) is 0 Å². The summed E-state index contributed by atoms with van der Waals surface area (Å²) >= 11 is 9.72. The number of rotatable bonds is 7. The molecule has 5 heteroatoms. The van der Waals surface area contributed by atoms with E-state index in [-0.39, 0.29) is 5.97 Å². The van der Waals surface area contributed by atoms with Gasteiger partial charge in [0.05, 0.1) is 11.1 Å². The molecule has 0 radical (unpaired) electrons. The standard InChI is InChI=1S/C21H24BrClO3/c1-13(2)16-7-9-17(10-8-16)26-19(24)6-5-11-25-18-12-14(3)21(23)15(4)20(18)22/h7-10,12-13H,5-6,11H2,1-4H3. The molecule has 0 saturated heterocycles. The number of hydrogen-bond acceptors (Lipinski definition) is 3. The van der Waals surface area contributed by atoms with Crippen molar-refractivity contribution in [2.45, 2.75) is 46.5 Å². The van der Waals surface area contributed by atoms with Crippen molar-refractivity contribution < 1.29 is 14.3 Å². The monoisotopic (exact) mass is 438 g/mol. The second-order valence-electron chi connectivity index (χ2n) is 6.59. The molecule has 2 aromatic carbocycles. The molecular formula is C21H24BrClO3. The number of benzene rings is 2. The number of hydrogen-bond donors (Lipinski definition) is 0. The number of ether oxygens (including phenoxy) is 2. The zero-order valence-electron chi connectivity index (χ0n) is 15.6. The molecule has 0 aliphatic carbocycles. The molecule has 0 aliphatic heterocycles. The molecule has 0 fully saturated rings. The first kappa shape index (κ1) is 20.8.